The predicted molar refractivity (Wildman–Crippen MR) is 297 cm³/mol. The van der Waals surface area contributed by atoms with Crippen LogP contribution < -0.4 is 10.1 Å². The average Bonchev–Trinajstić information content (AvgIpc) is 3.24. The maximum atomic E-state index is 12.1. The highest BCUT2D eigenvalue weighted by molar-refractivity contribution is 7.99. The van der Waals surface area contributed by atoms with Gasteiger partial charge in [0.1, 0.15) is 17.2 Å². The lowest BCUT2D eigenvalue weighted by Crippen LogP contribution is -2.18. The van der Waals surface area contributed by atoms with Gasteiger partial charge in [-0.2, -0.15) is 15.0 Å². The molecule has 8 nitrogen and oxygen atoms in total. The van der Waals surface area contributed by atoms with Crippen LogP contribution in [-0.4, -0.2) is 42.6 Å². The Kier molecular flexibility index (Phi) is 23.2. The van der Waals surface area contributed by atoms with Gasteiger partial charge in [0, 0.05) is 46.4 Å². The maximum Gasteiger partial charge on any atom is 0.335 e. The number of nitrogens with zero attached hydrogens (tertiary/aromatic N) is 3. The number of esters is 1. The number of nitrogens with one attached hydrogen (secondary N) is 1. The van der Waals surface area contributed by atoms with Gasteiger partial charge in [-0.3, -0.25) is 0 Å². The Bertz CT molecular complexity index is 2210. The van der Waals surface area contributed by atoms with Crippen LogP contribution in [-0.2, 0) is 32.9 Å². The molecule has 0 atom stereocenters. The van der Waals surface area contributed by atoms with E-state index in [9.17, 15) is 15.0 Å². The van der Waals surface area contributed by atoms with Gasteiger partial charge >= 0.3 is 5.97 Å². The molecule has 0 aliphatic carbocycles. The highest BCUT2D eigenvalue weighted by Crippen LogP contribution is 2.43. The molecule has 4 rings (SSSR count). The normalized spacial score (nSPS) is 12.1. The van der Waals surface area contributed by atoms with Crippen LogP contribution in [0.2, 0.25) is 0 Å². The maximum absolute atomic E-state index is 12.1. The van der Waals surface area contributed by atoms with Crippen LogP contribution in [0.3, 0.4) is 0 Å². The quantitative estimate of drug-likeness (QED) is 0.0175. The number of thioether (sulfide) groups is 2. The van der Waals surface area contributed by atoms with Crippen molar-refractivity contribution in [3.8, 4) is 17.2 Å². The smallest absolute Gasteiger partial charge is 0.335 e. The van der Waals surface area contributed by atoms with Gasteiger partial charge in [0.2, 0.25) is 5.95 Å². The lowest BCUT2D eigenvalue weighted by Gasteiger charge is -2.28. The number of rotatable bonds is 22. The van der Waals surface area contributed by atoms with Gasteiger partial charge in [-0.1, -0.05) is 227 Å². The van der Waals surface area contributed by atoms with Gasteiger partial charge in [-0.15, -0.1) is 0 Å². The van der Waals surface area contributed by atoms with E-state index in [0.717, 1.165) is 72.0 Å². The van der Waals surface area contributed by atoms with E-state index in [1.165, 1.54) is 83.1 Å². The number of hydrogen-bond donors (Lipinski definition) is 3. The molecule has 0 fully saturated rings. The van der Waals surface area contributed by atoms with Crippen molar-refractivity contribution < 1.29 is 19.7 Å². The van der Waals surface area contributed by atoms with Crippen LogP contribution in [0.4, 0.5) is 11.6 Å². The number of aromatic hydroxyl groups is 2. The third kappa shape index (κ3) is 19.6. The molecular formula is C59H90N4O4S2. The molecule has 0 saturated carbocycles. The second-order valence-corrected chi connectivity index (χ2v) is 25.0. The largest absolute Gasteiger partial charge is 0.507 e. The summed E-state index contributed by atoms with van der Waals surface area (Å²) in [4.78, 5) is 26.5. The SMILES string of the molecule is C=CC(=O)Oc1c(Cc2cc(C)cc(C(C)(C)C)c2O)cc(C)cc1C(C)(C)C.CCCCCCCCSc1nc(Nc2cc(C(C)(C)C)c(O)c(C(C)(C)C)c2)nc(SCCCCCCCC)n1. The number of anilines is 2. The molecule has 0 unspecified atom stereocenters. The molecule has 0 bridgehead atoms. The van der Waals surface area contributed by atoms with E-state index in [1.54, 1.807) is 23.5 Å². The van der Waals surface area contributed by atoms with E-state index < -0.39 is 5.97 Å². The van der Waals surface area contributed by atoms with Gasteiger partial charge in [-0.25, -0.2) is 4.79 Å². The number of hydrogen-bond acceptors (Lipinski definition) is 10. The van der Waals surface area contributed by atoms with E-state index in [-0.39, 0.29) is 21.7 Å². The average molecular weight is 984 g/mol. The molecule has 69 heavy (non-hydrogen) atoms. The highest BCUT2D eigenvalue weighted by Gasteiger charge is 2.28. The zero-order chi connectivity index (χ0) is 51.7. The summed E-state index contributed by atoms with van der Waals surface area (Å²) in [5.74, 6) is 3.40. The van der Waals surface area contributed by atoms with Crippen molar-refractivity contribution in [3.05, 3.63) is 93.6 Å². The highest BCUT2D eigenvalue weighted by atomic mass is 32.2. The fourth-order valence-electron chi connectivity index (χ4n) is 8.16. The second-order valence-electron chi connectivity index (χ2n) is 22.9. The van der Waals surface area contributed by atoms with Crippen LogP contribution in [0.5, 0.6) is 17.2 Å². The number of aromatic nitrogens is 3. The summed E-state index contributed by atoms with van der Waals surface area (Å²) in [6.07, 6.45) is 17.1. The molecule has 1 heterocycles. The minimum Gasteiger partial charge on any atom is -0.507 e. The number of ether oxygens (including phenoxy) is 1. The van der Waals surface area contributed by atoms with Gasteiger partial charge in [0.25, 0.3) is 0 Å². The Morgan fingerprint density at radius 1 is 0.580 bits per heavy atom. The van der Waals surface area contributed by atoms with Gasteiger partial charge in [0.05, 0.1) is 0 Å². The van der Waals surface area contributed by atoms with E-state index in [4.69, 9.17) is 19.7 Å². The lowest BCUT2D eigenvalue weighted by atomic mass is 9.79. The van der Waals surface area contributed by atoms with Crippen molar-refractivity contribution in [3.63, 3.8) is 0 Å². The number of unbranched alkanes of at least 4 members (excludes halogenated alkanes) is 10. The molecule has 4 aromatic rings. The second kappa shape index (κ2) is 27.0. The van der Waals surface area contributed by atoms with Crippen molar-refractivity contribution >= 4 is 41.1 Å². The summed E-state index contributed by atoms with van der Waals surface area (Å²) in [6, 6.07) is 12.2. The van der Waals surface area contributed by atoms with E-state index in [2.05, 4.69) is 115 Å². The molecule has 10 heteroatoms. The summed E-state index contributed by atoms with van der Waals surface area (Å²) in [5, 5.41) is 27.2. The zero-order valence-corrected chi connectivity index (χ0v) is 47.4. The number of phenols is 2. The number of carbonyl (C=O) groups excluding carboxylic acids is 1. The molecule has 3 aromatic carbocycles. The number of aryl methyl sites for hydroxylation is 2. The zero-order valence-electron chi connectivity index (χ0n) is 45.7. The first-order chi connectivity index (χ1) is 32.2. The summed E-state index contributed by atoms with van der Waals surface area (Å²) in [6.45, 7) is 37.5. The Morgan fingerprint density at radius 2 is 0.986 bits per heavy atom. The van der Waals surface area contributed by atoms with E-state index in [1.807, 2.05) is 44.2 Å². The van der Waals surface area contributed by atoms with Crippen LogP contribution in [0.1, 0.15) is 218 Å². The minimum atomic E-state index is -0.482. The topological polar surface area (TPSA) is 117 Å². The molecule has 0 saturated heterocycles. The molecule has 0 aliphatic rings. The third-order valence-corrected chi connectivity index (χ3v) is 13.9. The lowest BCUT2D eigenvalue weighted by molar-refractivity contribution is -0.129. The Balaban J connectivity index is 0.000000384. The summed E-state index contributed by atoms with van der Waals surface area (Å²) < 4.78 is 5.71. The van der Waals surface area contributed by atoms with Gasteiger partial charge in [0.15, 0.2) is 10.3 Å². The van der Waals surface area contributed by atoms with E-state index in [0.29, 0.717) is 29.6 Å². The monoisotopic (exact) mass is 983 g/mol. The fraction of sp³-hybridized carbons (Fsp3) is 0.593. The summed E-state index contributed by atoms with van der Waals surface area (Å²) >= 11 is 3.48. The minimum absolute atomic E-state index is 0.174. The fourth-order valence-corrected chi connectivity index (χ4v) is 9.88. The predicted octanol–water partition coefficient (Wildman–Crippen LogP) is 17.1. The van der Waals surface area contributed by atoms with Crippen molar-refractivity contribution in [1.29, 1.82) is 0 Å². The molecule has 0 spiro atoms. The molecule has 1 aromatic heterocycles. The molecule has 0 aliphatic heterocycles. The number of benzene rings is 3. The first-order valence-electron chi connectivity index (χ1n) is 25.7. The Morgan fingerprint density at radius 3 is 1.42 bits per heavy atom. The molecular weight excluding hydrogens is 893 g/mol. The molecule has 3 N–H and O–H groups in total. The van der Waals surface area contributed by atoms with Crippen molar-refractivity contribution in [1.82, 2.24) is 15.0 Å². The summed E-state index contributed by atoms with van der Waals surface area (Å²) in [7, 11) is 0. The molecule has 0 amide bonds. The standard InChI is InChI=1S/C33H56N4OS2.C26H34O3/c1-9-11-13-15-17-19-21-39-30-35-29(36-31(37-30)40-22-20-18-16-14-12-10-2)34-25-23-26(32(3,4)5)28(38)27(24-25)33(6,7)8;1-10-22(27)29-24-19(12-17(3)14-21(24)26(7,8)9)15-18-11-16(2)13-20(23(18)28)25(4,5)6/h23-24,38H,9-22H2,1-8H3,(H,34,35,36,37);10-14,28H,1,15H2,2-9H3. The van der Waals surface area contributed by atoms with Gasteiger partial charge < -0.3 is 20.3 Å². The van der Waals surface area contributed by atoms with Crippen molar-refractivity contribution in [2.24, 2.45) is 0 Å². The number of carbonyl (C=O) groups is 1. The first-order valence-corrected chi connectivity index (χ1v) is 27.6. The Hall–Kier alpha value is -4.02. The third-order valence-electron chi connectivity index (χ3n) is 12.0. The summed E-state index contributed by atoms with van der Waals surface area (Å²) in [5.41, 5.74) is 7.75. The van der Waals surface area contributed by atoms with E-state index >= 15 is 0 Å². The molecule has 382 valence electrons. The van der Waals surface area contributed by atoms with Crippen LogP contribution >= 0.6 is 23.5 Å². The van der Waals surface area contributed by atoms with Crippen LogP contribution in [0.25, 0.3) is 0 Å². The van der Waals surface area contributed by atoms with Crippen molar-refractivity contribution in [2.75, 3.05) is 16.8 Å². The first kappa shape index (κ1) is 59.3. The van der Waals surface area contributed by atoms with Crippen molar-refractivity contribution in [2.45, 2.75) is 226 Å². The Labute approximate surface area is 427 Å². The number of phenolic OH excluding ortho intramolecular Hbond substituents is 2. The van der Waals surface area contributed by atoms with Gasteiger partial charge in [-0.05, 0) is 77.2 Å². The van der Waals surface area contributed by atoms with Crippen LogP contribution in [0, 0.1) is 13.8 Å². The van der Waals surface area contributed by atoms with Crippen LogP contribution in [0.15, 0.2) is 59.4 Å². The molecule has 0 radical (unpaired) electrons.